The number of hydrogen-bond donors (Lipinski definition) is 1. The summed E-state index contributed by atoms with van der Waals surface area (Å²) < 4.78 is 0. The van der Waals surface area contributed by atoms with E-state index < -0.39 is 0 Å². The Hall–Kier alpha value is -2.26. The zero-order valence-corrected chi connectivity index (χ0v) is 12.5. The highest BCUT2D eigenvalue weighted by atomic mass is 32.1. The molecule has 0 aliphatic carbocycles. The van der Waals surface area contributed by atoms with Crippen LogP contribution < -0.4 is 0 Å². The van der Waals surface area contributed by atoms with Crippen LogP contribution >= 0.6 is 11.3 Å². The van der Waals surface area contributed by atoms with Crippen LogP contribution in [0.15, 0.2) is 24.8 Å². The summed E-state index contributed by atoms with van der Waals surface area (Å²) in [6.45, 7) is 2.10. The smallest absolute Gasteiger partial charge is 0.141 e. The average molecular weight is 297 g/mol. The monoisotopic (exact) mass is 297 g/mol. The Morgan fingerprint density at radius 3 is 3.10 bits per heavy atom. The van der Waals surface area contributed by atoms with Gasteiger partial charge in [0.2, 0.25) is 0 Å². The Bertz CT molecular complexity index is 783. The second kappa shape index (κ2) is 6.02. The predicted molar refractivity (Wildman–Crippen MR) is 82.7 cm³/mol. The van der Waals surface area contributed by atoms with Gasteiger partial charge in [-0.15, -0.1) is 11.3 Å². The minimum atomic E-state index is 0.0478. The SMILES string of the molecule is CCCC(C#N)Cc1ncc(-c2ncnc3[nH]ccc23)s1. The molecule has 1 N–H and O–H groups in total. The molecule has 3 aromatic rings. The van der Waals surface area contributed by atoms with Crippen LogP contribution in [0, 0.1) is 17.2 Å². The molecule has 21 heavy (non-hydrogen) atoms. The molecule has 0 aromatic carbocycles. The van der Waals surface area contributed by atoms with Gasteiger partial charge in [-0.2, -0.15) is 5.26 Å². The first-order valence-corrected chi connectivity index (χ1v) is 7.76. The summed E-state index contributed by atoms with van der Waals surface area (Å²) in [5, 5.41) is 11.1. The third kappa shape index (κ3) is 2.78. The minimum absolute atomic E-state index is 0.0478. The number of thiazole rings is 1. The normalized spacial score (nSPS) is 12.4. The lowest BCUT2D eigenvalue weighted by atomic mass is 10.0. The molecule has 106 valence electrons. The summed E-state index contributed by atoms with van der Waals surface area (Å²) in [5.74, 6) is 0.0478. The Balaban J connectivity index is 1.88. The quantitative estimate of drug-likeness (QED) is 0.781. The molecule has 0 saturated carbocycles. The van der Waals surface area contributed by atoms with E-state index in [-0.39, 0.29) is 5.92 Å². The zero-order chi connectivity index (χ0) is 14.7. The van der Waals surface area contributed by atoms with E-state index in [9.17, 15) is 0 Å². The molecule has 0 spiro atoms. The zero-order valence-electron chi connectivity index (χ0n) is 11.7. The summed E-state index contributed by atoms with van der Waals surface area (Å²) in [6, 6.07) is 4.33. The van der Waals surface area contributed by atoms with E-state index in [1.54, 1.807) is 17.7 Å². The number of hydrogen-bond acceptors (Lipinski definition) is 5. The van der Waals surface area contributed by atoms with Gasteiger partial charge in [-0.05, 0) is 12.5 Å². The lowest BCUT2D eigenvalue weighted by Gasteiger charge is -2.03. The number of nitriles is 1. The van der Waals surface area contributed by atoms with Crippen molar-refractivity contribution in [1.29, 1.82) is 5.26 Å². The number of aromatic nitrogens is 4. The standard InChI is InChI=1S/C15H15N5S/c1-2-3-10(7-16)6-13-18-8-12(21-13)14-11-4-5-17-15(11)20-9-19-14/h4-5,8-10H,2-3,6H2,1H3,(H,17,19,20). The molecule has 0 aliphatic heterocycles. The van der Waals surface area contributed by atoms with Crippen LogP contribution in [0.4, 0.5) is 0 Å². The summed E-state index contributed by atoms with van der Waals surface area (Å²) >= 11 is 1.61. The van der Waals surface area contributed by atoms with Gasteiger partial charge in [-0.1, -0.05) is 13.3 Å². The Labute approximate surface area is 126 Å². The van der Waals surface area contributed by atoms with Crippen LogP contribution in [0.5, 0.6) is 0 Å². The van der Waals surface area contributed by atoms with Gasteiger partial charge in [0.1, 0.15) is 12.0 Å². The van der Waals surface area contributed by atoms with Crippen LogP contribution in [-0.2, 0) is 6.42 Å². The van der Waals surface area contributed by atoms with E-state index in [0.717, 1.165) is 45.9 Å². The lowest BCUT2D eigenvalue weighted by molar-refractivity contribution is 0.588. The predicted octanol–water partition coefficient (Wildman–Crippen LogP) is 3.56. The fraction of sp³-hybridized carbons (Fsp3) is 0.333. The molecule has 0 saturated heterocycles. The molecule has 0 amide bonds. The van der Waals surface area contributed by atoms with Gasteiger partial charge in [-0.3, -0.25) is 0 Å². The topological polar surface area (TPSA) is 78.2 Å². The van der Waals surface area contributed by atoms with Gasteiger partial charge in [0.05, 0.1) is 27.6 Å². The van der Waals surface area contributed by atoms with E-state index in [2.05, 4.69) is 32.9 Å². The summed E-state index contributed by atoms with van der Waals surface area (Å²) in [7, 11) is 0. The van der Waals surface area contributed by atoms with Crippen molar-refractivity contribution in [2.75, 3.05) is 0 Å². The number of nitrogens with zero attached hydrogens (tertiary/aromatic N) is 4. The first-order chi connectivity index (χ1) is 10.3. The van der Waals surface area contributed by atoms with Gasteiger partial charge in [-0.25, -0.2) is 15.0 Å². The highest BCUT2D eigenvalue weighted by Crippen LogP contribution is 2.30. The van der Waals surface area contributed by atoms with Crippen molar-refractivity contribution in [2.45, 2.75) is 26.2 Å². The van der Waals surface area contributed by atoms with Gasteiger partial charge in [0.25, 0.3) is 0 Å². The number of aromatic amines is 1. The summed E-state index contributed by atoms with van der Waals surface area (Å²) in [5.41, 5.74) is 1.73. The van der Waals surface area contributed by atoms with Gasteiger partial charge >= 0.3 is 0 Å². The summed E-state index contributed by atoms with van der Waals surface area (Å²) in [6.07, 6.45) is 7.92. The van der Waals surface area contributed by atoms with Crippen molar-refractivity contribution in [1.82, 2.24) is 19.9 Å². The van der Waals surface area contributed by atoms with Crippen LogP contribution in [0.1, 0.15) is 24.8 Å². The Morgan fingerprint density at radius 1 is 1.38 bits per heavy atom. The minimum Gasteiger partial charge on any atom is -0.346 e. The second-order valence-electron chi connectivity index (χ2n) is 4.90. The molecule has 0 fully saturated rings. The molecule has 3 heterocycles. The number of H-pyrrole nitrogens is 1. The van der Waals surface area contributed by atoms with E-state index in [1.807, 2.05) is 18.5 Å². The Kier molecular flexibility index (Phi) is 3.93. The summed E-state index contributed by atoms with van der Waals surface area (Å²) in [4.78, 5) is 17.1. The molecule has 5 nitrogen and oxygen atoms in total. The van der Waals surface area contributed by atoms with Gasteiger partial charge in [0.15, 0.2) is 0 Å². The molecule has 1 unspecified atom stereocenters. The van der Waals surface area contributed by atoms with Crippen molar-refractivity contribution in [3.05, 3.63) is 29.8 Å². The van der Waals surface area contributed by atoms with Crippen LogP contribution in [0.3, 0.4) is 0 Å². The maximum absolute atomic E-state index is 9.16. The first-order valence-electron chi connectivity index (χ1n) is 6.94. The van der Waals surface area contributed by atoms with Crippen molar-refractivity contribution >= 4 is 22.4 Å². The maximum atomic E-state index is 9.16. The molecule has 1 atom stereocenters. The van der Waals surface area contributed by atoms with E-state index >= 15 is 0 Å². The van der Waals surface area contributed by atoms with Gasteiger partial charge < -0.3 is 4.98 Å². The van der Waals surface area contributed by atoms with E-state index in [1.165, 1.54) is 0 Å². The highest BCUT2D eigenvalue weighted by Gasteiger charge is 2.14. The highest BCUT2D eigenvalue weighted by molar-refractivity contribution is 7.15. The average Bonchev–Trinajstić information content (AvgIpc) is 3.15. The molecular formula is C15H15N5S. The van der Waals surface area contributed by atoms with Gasteiger partial charge in [0, 0.05) is 24.2 Å². The molecule has 0 aliphatic rings. The number of rotatable bonds is 5. The molecule has 3 aromatic heterocycles. The lowest BCUT2D eigenvalue weighted by Crippen LogP contribution is -2.00. The number of nitrogens with one attached hydrogen (secondary N) is 1. The van der Waals surface area contributed by atoms with Crippen LogP contribution in [0.2, 0.25) is 0 Å². The first kappa shape index (κ1) is 13.7. The van der Waals surface area contributed by atoms with Crippen molar-refractivity contribution < 1.29 is 0 Å². The largest absolute Gasteiger partial charge is 0.346 e. The van der Waals surface area contributed by atoms with Crippen LogP contribution in [0.25, 0.3) is 21.6 Å². The van der Waals surface area contributed by atoms with Crippen LogP contribution in [-0.4, -0.2) is 19.9 Å². The van der Waals surface area contributed by atoms with Crippen molar-refractivity contribution in [3.63, 3.8) is 0 Å². The second-order valence-corrected chi connectivity index (χ2v) is 6.01. The fourth-order valence-corrected chi connectivity index (χ4v) is 3.36. The fourth-order valence-electron chi connectivity index (χ4n) is 2.35. The van der Waals surface area contributed by atoms with Crippen molar-refractivity contribution in [3.8, 4) is 16.6 Å². The third-order valence-electron chi connectivity index (χ3n) is 3.38. The molecular weight excluding hydrogens is 282 g/mol. The Morgan fingerprint density at radius 2 is 2.29 bits per heavy atom. The molecule has 6 heteroatoms. The molecule has 0 radical (unpaired) electrons. The van der Waals surface area contributed by atoms with Crippen molar-refractivity contribution in [2.24, 2.45) is 5.92 Å². The maximum Gasteiger partial charge on any atom is 0.141 e. The van der Waals surface area contributed by atoms with E-state index in [0.29, 0.717) is 0 Å². The third-order valence-corrected chi connectivity index (χ3v) is 4.41. The molecule has 0 bridgehead atoms. The van der Waals surface area contributed by atoms with E-state index in [4.69, 9.17) is 5.26 Å². The molecule has 3 rings (SSSR count). The number of fused-ring (bicyclic) bond motifs is 1.